The largest absolute Gasteiger partial charge is 0.384 e. The third-order valence-electron chi connectivity index (χ3n) is 1.32. The van der Waals surface area contributed by atoms with Crippen LogP contribution in [0.4, 0.5) is 0 Å². The van der Waals surface area contributed by atoms with Crippen LogP contribution in [0, 0.1) is 0 Å². The number of ether oxygens (including phenoxy) is 1. The molecule has 0 saturated heterocycles. The Morgan fingerprint density at radius 3 is 2.36 bits per heavy atom. The van der Waals surface area contributed by atoms with Crippen LogP contribution in [0.1, 0.15) is 13.3 Å². The average molecular weight is 154 g/mol. The number of hydrogen-bond donors (Lipinski definition) is 0. The van der Waals surface area contributed by atoms with Crippen molar-refractivity contribution in [1.29, 1.82) is 0 Å². The van der Waals surface area contributed by atoms with Crippen LogP contribution in [0.5, 0.6) is 0 Å². The van der Waals surface area contributed by atoms with Crippen molar-refractivity contribution >= 4 is 5.78 Å². The van der Waals surface area contributed by atoms with E-state index >= 15 is 0 Å². The predicted molar refractivity (Wildman–Crippen MR) is 45.5 cm³/mol. The van der Waals surface area contributed by atoms with E-state index in [-0.39, 0.29) is 5.78 Å². The van der Waals surface area contributed by atoms with E-state index in [4.69, 9.17) is 4.74 Å². The smallest absolute Gasteiger partial charge is 0.183 e. The molecule has 0 aromatic heterocycles. The summed E-state index contributed by atoms with van der Waals surface area (Å²) in [6.45, 7) is 9.38. The quantitative estimate of drug-likeness (QED) is 0.564. The first-order valence-corrected chi connectivity index (χ1v) is 3.46. The lowest BCUT2D eigenvalue weighted by Crippen LogP contribution is -2.04. The molecule has 0 amide bonds. The summed E-state index contributed by atoms with van der Waals surface area (Å²) in [6, 6.07) is 0. The van der Waals surface area contributed by atoms with Gasteiger partial charge in [0.2, 0.25) is 0 Å². The van der Waals surface area contributed by atoms with E-state index in [1.54, 1.807) is 14.0 Å². The van der Waals surface area contributed by atoms with Gasteiger partial charge in [-0.15, -0.1) is 0 Å². The Morgan fingerprint density at radius 1 is 1.45 bits per heavy atom. The molecule has 2 heteroatoms. The Kier molecular flexibility index (Phi) is 4.46. The van der Waals surface area contributed by atoms with E-state index < -0.39 is 0 Å². The van der Waals surface area contributed by atoms with Crippen LogP contribution in [0.3, 0.4) is 0 Å². The average Bonchev–Trinajstić information content (AvgIpc) is 1.98. The van der Waals surface area contributed by atoms with Crippen molar-refractivity contribution in [3.63, 3.8) is 0 Å². The molecule has 0 bridgehead atoms. The predicted octanol–water partition coefficient (Wildman–Crippen LogP) is 1.72. The van der Waals surface area contributed by atoms with Gasteiger partial charge in [-0.05, 0) is 24.5 Å². The molecule has 0 N–H and O–H groups in total. The Hall–Kier alpha value is -0.890. The highest BCUT2D eigenvalue weighted by atomic mass is 16.5. The zero-order valence-electron chi connectivity index (χ0n) is 7.14. The Labute approximate surface area is 67.6 Å². The summed E-state index contributed by atoms with van der Waals surface area (Å²) in [7, 11) is 1.60. The lowest BCUT2D eigenvalue weighted by molar-refractivity contribution is -0.112. The van der Waals surface area contributed by atoms with Gasteiger partial charge >= 0.3 is 0 Å². The number of carbonyl (C=O) groups excluding carboxylic acids is 1. The first-order valence-electron chi connectivity index (χ1n) is 3.46. The molecule has 0 aliphatic carbocycles. The van der Waals surface area contributed by atoms with Crippen molar-refractivity contribution in [2.24, 2.45) is 0 Å². The zero-order valence-corrected chi connectivity index (χ0v) is 7.14. The first kappa shape index (κ1) is 10.1. The summed E-state index contributed by atoms with van der Waals surface area (Å²) in [4.78, 5) is 11.1. The lowest BCUT2D eigenvalue weighted by atomic mass is 10.1. The molecule has 0 unspecified atom stereocenters. The Bertz CT molecular complexity index is 180. The number of methoxy groups -OCH3 is 1. The molecule has 0 aliphatic heterocycles. The van der Waals surface area contributed by atoms with Crippen LogP contribution in [0.25, 0.3) is 0 Å². The van der Waals surface area contributed by atoms with Gasteiger partial charge in [-0.25, -0.2) is 0 Å². The SMILES string of the molecule is C=C(C)C(=O)C(=C)CCOC. The van der Waals surface area contributed by atoms with Crippen molar-refractivity contribution in [3.05, 3.63) is 24.3 Å². The molecule has 62 valence electrons. The molecule has 11 heavy (non-hydrogen) atoms. The van der Waals surface area contributed by atoms with E-state index in [1.807, 2.05) is 0 Å². The minimum Gasteiger partial charge on any atom is -0.384 e. The second-order valence-corrected chi connectivity index (χ2v) is 2.46. The fourth-order valence-corrected chi connectivity index (χ4v) is 0.641. The number of rotatable bonds is 5. The molecule has 2 nitrogen and oxygen atoms in total. The normalized spacial score (nSPS) is 9.27. The summed E-state index contributed by atoms with van der Waals surface area (Å²) >= 11 is 0. The maximum atomic E-state index is 11.1. The van der Waals surface area contributed by atoms with E-state index in [0.29, 0.717) is 24.2 Å². The van der Waals surface area contributed by atoms with Crippen LogP contribution in [-0.4, -0.2) is 19.5 Å². The summed E-state index contributed by atoms with van der Waals surface area (Å²) in [6.07, 6.45) is 0.586. The van der Waals surface area contributed by atoms with Gasteiger partial charge in [0.1, 0.15) is 0 Å². The standard InChI is InChI=1S/C9H14O2/c1-7(2)9(10)8(3)5-6-11-4/h1,3,5-6H2,2,4H3. The summed E-state index contributed by atoms with van der Waals surface area (Å²) < 4.78 is 4.80. The zero-order chi connectivity index (χ0) is 8.85. The Balaban J connectivity index is 3.84. The minimum atomic E-state index is -0.0537. The van der Waals surface area contributed by atoms with Gasteiger partial charge in [0.15, 0.2) is 5.78 Å². The van der Waals surface area contributed by atoms with Crippen LogP contribution in [-0.2, 0) is 9.53 Å². The van der Waals surface area contributed by atoms with E-state index in [0.717, 1.165) is 0 Å². The van der Waals surface area contributed by atoms with E-state index in [1.165, 1.54) is 0 Å². The number of carbonyl (C=O) groups is 1. The van der Waals surface area contributed by atoms with Crippen LogP contribution < -0.4 is 0 Å². The molecule has 0 heterocycles. The second-order valence-electron chi connectivity index (χ2n) is 2.46. The molecule has 0 saturated carbocycles. The Morgan fingerprint density at radius 2 is 2.00 bits per heavy atom. The van der Waals surface area contributed by atoms with Gasteiger partial charge in [0.05, 0.1) is 6.61 Å². The monoisotopic (exact) mass is 154 g/mol. The number of hydrogen-bond acceptors (Lipinski definition) is 2. The van der Waals surface area contributed by atoms with Gasteiger partial charge in [0.25, 0.3) is 0 Å². The molecule has 0 spiro atoms. The molecular weight excluding hydrogens is 140 g/mol. The van der Waals surface area contributed by atoms with Crippen molar-refractivity contribution in [2.75, 3.05) is 13.7 Å². The summed E-state index contributed by atoms with van der Waals surface area (Å²) in [5.74, 6) is -0.0537. The third-order valence-corrected chi connectivity index (χ3v) is 1.32. The molecule has 0 atom stereocenters. The third kappa shape index (κ3) is 3.73. The fourth-order valence-electron chi connectivity index (χ4n) is 0.641. The lowest BCUT2D eigenvalue weighted by Gasteiger charge is -2.02. The maximum absolute atomic E-state index is 11.1. The molecule has 0 fully saturated rings. The number of Topliss-reactive ketones (excluding diaryl/α,β-unsaturated/α-hetero) is 1. The van der Waals surface area contributed by atoms with Crippen LogP contribution in [0.2, 0.25) is 0 Å². The van der Waals surface area contributed by atoms with Gasteiger partial charge in [0, 0.05) is 7.11 Å². The highest BCUT2D eigenvalue weighted by Gasteiger charge is 2.06. The molecule has 0 rings (SSSR count). The van der Waals surface area contributed by atoms with Crippen LogP contribution >= 0.6 is 0 Å². The number of allylic oxidation sites excluding steroid dienone is 1. The van der Waals surface area contributed by atoms with Gasteiger partial charge < -0.3 is 4.74 Å². The van der Waals surface area contributed by atoms with Crippen molar-refractivity contribution in [1.82, 2.24) is 0 Å². The van der Waals surface area contributed by atoms with Crippen molar-refractivity contribution < 1.29 is 9.53 Å². The molecule has 0 aromatic carbocycles. The van der Waals surface area contributed by atoms with Gasteiger partial charge in [-0.2, -0.15) is 0 Å². The molecule has 0 aromatic rings. The topological polar surface area (TPSA) is 26.3 Å². The molecule has 0 radical (unpaired) electrons. The van der Waals surface area contributed by atoms with E-state index in [2.05, 4.69) is 13.2 Å². The number of ketones is 1. The minimum absolute atomic E-state index is 0.0537. The second kappa shape index (κ2) is 4.85. The summed E-state index contributed by atoms with van der Waals surface area (Å²) in [5, 5.41) is 0. The van der Waals surface area contributed by atoms with Crippen molar-refractivity contribution in [3.8, 4) is 0 Å². The summed E-state index contributed by atoms with van der Waals surface area (Å²) in [5.41, 5.74) is 1.10. The highest BCUT2D eigenvalue weighted by molar-refractivity contribution is 6.06. The maximum Gasteiger partial charge on any atom is 0.183 e. The molecular formula is C9H14O2. The van der Waals surface area contributed by atoms with Crippen molar-refractivity contribution in [2.45, 2.75) is 13.3 Å². The fraction of sp³-hybridized carbons (Fsp3) is 0.444. The van der Waals surface area contributed by atoms with Crippen LogP contribution in [0.15, 0.2) is 24.3 Å². The van der Waals surface area contributed by atoms with Gasteiger partial charge in [-0.1, -0.05) is 13.2 Å². The van der Waals surface area contributed by atoms with E-state index in [9.17, 15) is 4.79 Å². The van der Waals surface area contributed by atoms with Gasteiger partial charge in [-0.3, -0.25) is 4.79 Å². The molecule has 0 aliphatic rings. The first-order chi connectivity index (χ1) is 5.09. The highest BCUT2D eigenvalue weighted by Crippen LogP contribution is 2.05.